The average molecular weight is 353 g/mol. The third-order valence-corrected chi connectivity index (χ3v) is 4.75. The van der Waals surface area contributed by atoms with Crippen molar-refractivity contribution in [3.63, 3.8) is 0 Å². The number of amides is 1. The zero-order chi connectivity index (χ0) is 17.7. The van der Waals surface area contributed by atoms with Crippen molar-refractivity contribution in [2.75, 3.05) is 12.3 Å². The lowest BCUT2D eigenvalue weighted by molar-refractivity contribution is -0.388. The molecule has 0 bridgehead atoms. The zero-order valence-electron chi connectivity index (χ0n) is 14.2. The molecule has 0 N–H and O–H groups in total. The molecule has 8 heteroatoms. The summed E-state index contributed by atoms with van der Waals surface area (Å²) in [5.74, 6) is 0.567. The minimum atomic E-state index is -0.536. The van der Waals surface area contributed by atoms with Crippen LogP contribution >= 0.6 is 11.8 Å². The number of ether oxygens (including phenoxy) is 1. The van der Waals surface area contributed by atoms with Gasteiger partial charge in [0.1, 0.15) is 5.60 Å². The summed E-state index contributed by atoms with van der Waals surface area (Å²) in [6.45, 7) is 6.19. The number of pyridine rings is 1. The fourth-order valence-electron chi connectivity index (χ4n) is 2.54. The Hall–Kier alpha value is -1.83. The quantitative estimate of drug-likeness (QED) is 0.464. The van der Waals surface area contributed by atoms with E-state index in [9.17, 15) is 14.9 Å². The van der Waals surface area contributed by atoms with Crippen LogP contribution in [-0.2, 0) is 4.74 Å². The van der Waals surface area contributed by atoms with Gasteiger partial charge in [0, 0.05) is 30.6 Å². The first kappa shape index (κ1) is 18.5. The van der Waals surface area contributed by atoms with Gasteiger partial charge in [-0.05, 0) is 46.1 Å². The van der Waals surface area contributed by atoms with Crippen LogP contribution in [0.3, 0.4) is 0 Å². The number of carbonyl (C=O) groups is 1. The fraction of sp³-hybridized carbons (Fsp3) is 0.625. The first-order valence-electron chi connectivity index (χ1n) is 8.00. The molecule has 2 rings (SSSR count). The van der Waals surface area contributed by atoms with E-state index in [0.29, 0.717) is 17.3 Å². The molecule has 24 heavy (non-hydrogen) atoms. The van der Waals surface area contributed by atoms with Crippen LogP contribution in [0, 0.1) is 10.1 Å². The number of nitrogens with zero attached hydrogens (tertiary/aromatic N) is 3. The number of piperidine rings is 1. The predicted molar refractivity (Wildman–Crippen MR) is 92.2 cm³/mol. The second kappa shape index (κ2) is 7.83. The molecule has 1 aliphatic rings. The molecule has 2 heterocycles. The van der Waals surface area contributed by atoms with Crippen LogP contribution in [0.25, 0.3) is 0 Å². The van der Waals surface area contributed by atoms with Gasteiger partial charge in [0.05, 0.1) is 4.92 Å². The van der Waals surface area contributed by atoms with Crippen molar-refractivity contribution >= 4 is 23.5 Å². The van der Waals surface area contributed by atoms with Crippen molar-refractivity contribution in [2.45, 2.75) is 56.7 Å². The summed E-state index contributed by atoms with van der Waals surface area (Å²) in [5, 5.41) is 11.5. The standard InChI is InChI=1S/C16H23N3O4S/c1-16(2,3)23-15(20)18-10-5-4-7-12(18)11-24-14-13(19(21)22)8-6-9-17-14/h6,8-9,12H,4-5,7,10-11H2,1-3H3. The monoisotopic (exact) mass is 353 g/mol. The molecule has 1 amide bonds. The van der Waals surface area contributed by atoms with Crippen LogP contribution in [0.2, 0.25) is 0 Å². The highest BCUT2D eigenvalue weighted by molar-refractivity contribution is 7.99. The lowest BCUT2D eigenvalue weighted by Gasteiger charge is -2.36. The second-order valence-electron chi connectivity index (χ2n) is 6.72. The van der Waals surface area contributed by atoms with Gasteiger partial charge in [0.15, 0.2) is 5.03 Å². The van der Waals surface area contributed by atoms with E-state index in [2.05, 4.69) is 4.98 Å². The molecule has 0 aromatic carbocycles. The van der Waals surface area contributed by atoms with Gasteiger partial charge in [0.2, 0.25) is 0 Å². The van der Waals surface area contributed by atoms with Crippen LogP contribution in [0.5, 0.6) is 0 Å². The highest BCUT2D eigenvalue weighted by Crippen LogP contribution is 2.30. The number of rotatable bonds is 4. The van der Waals surface area contributed by atoms with E-state index in [1.54, 1.807) is 17.2 Å². The summed E-state index contributed by atoms with van der Waals surface area (Å²) in [4.78, 5) is 28.9. The summed E-state index contributed by atoms with van der Waals surface area (Å²) in [7, 11) is 0. The van der Waals surface area contributed by atoms with Gasteiger partial charge in [-0.3, -0.25) is 10.1 Å². The van der Waals surface area contributed by atoms with Crippen molar-refractivity contribution in [1.29, 1.82) is 0 Å². The van der Waals surface area contributed by atoms with E-state index in [4.69, 9.17) is 4.74 Å². The van der Waals surface area contributed by atoms with Crippen LogP contribution in [0.1, 0.15) is 40.0 Å². The van der Waals surface area contributed by atoms with E-state index in [0.717, 1.165) is 19.3 Å². The lowest BCUT2D eigenvalue weighted by Crippen LogP contribution is -2.47. The van der Waals surface area contributed by atoms with Gasteiger partial charge in [-0.15, -0.1) is 0 Å². The molecule has 0 saturated carbocycles. The Morgan fingerprint density at radius 2 is 2.25 bits per heavy atom. The molecule has 0 aliphatic carbocycles. The molecule has 1 aromatic heterocycles. The van der Waals surface area contributed by atoms with Crippen LogP contribution in [-0.4, -0.2) is 44.8 Å². The fourth-order valence-corrected chi connectivity index (χ4v) is 3.67. The molecule has 1 aliphatic heterocycles. The Labute approximate surface area is 145 Å². The Balaban J connectivity index is 2.04. The SMILES string of the molecule is CC(C)(C)OC(=O)N1CCCCC1CSc1ncccc1[N+](=O)[O-]. The first-order valence-corrected chi connectivity index (χ1v) is 8.98. The number of nitro groups is 1. The first-order chi connectivity index (χ1) is 11.3. The van der Waals surface area contributed by atoms with Gasteiger partial charge in [0.25, 0.3) is 0 Å². The van der Waals surface area contributed by atoms with Gasteiger partial charge in [-0.1, -0.05) is 11.8 Å². The zero-order valence-corrected chi connectivity index (χ0v) is 15.0. The number of hydrogen-bond donors (Lipinski definition) is 0. The molecule has 7 nitrogen and oxygen atoms in total. The average Bonchev–Trinajstić information content (AvgIpc) is 2.51. The molecule has 1 saturated heterocycles. The van der Waals surface area contributed by atoms with Gasteiger partial charge >= 0.3 is 11.8 Å². The molecule has 1 atom stereocenters. The maximum atomic E-state index is 12.4. The summed E-state index contributed by atoms with van der Waals surface area (Å²) < 4.78 is 5.48. The van der Waals surface area contributed by atoms with Crippen LogP contribution < -0.4 is 0 Å². The Kier molecular flexibility index (Phi) is 6.04. The topological polar surface area (TPSA) is 85.6 Å². The number of thioether (sulfide) groups is 1. The molecule has 1 aromatic rings. The summed E-state index contributed by atoms with van der Waals surface area (Å²) >= 11 is 1.32. The smallest absolute Gasteiger partial charge is 0.410 e. The molecule has 132 valence electrons. The number of aromatic nitrogens is 1. The largest absolute Gasteiger partial charge is 0.444 e. The lowest BCUT2D eigenvalue weighted by atomic mass is 10.0. The van der Waals surface area contributed by atoms with Crippen LogP contribution in [0.4, 0.5) is 10.5 Å². The van der Waals surface area contributed by atoms with Crippen molar-refractivity contribution < 1.29 is 14.5 Å². The summed E-state index contributed by atoms with van der Waals surface area (Å²) in [6, 6.07) is 3.00. The maximum absolute atomic E-state index is 12.4. The van der Waals surface area contributed by atoms with Gasteiger partial charge in [-0.25, -0.2) is 9.78 Å². The van der Waals surface area contributed by atoms with Crippen molar-refractivity contribution in [1.82, 2.24) is 9.88 Å². The van der Waals surface area contributed by atoms with E-state index in [1.807, 2.05) is 20.8 Å². The molecule has 0 radical (unpaired) electrons. The molecule has 1 fully saturated rings. The molecule has 0 spiro atoms. The second-order valence-corrected chi connectivity index (χ2v) is 7.73. The summed E-state index contributed by atoms with van der Waals surface area (Å²) in [5.41, 5.74) is -0.534. The van der Waals surface area contributed by atoms with Crippen LogP contribution in [0.15, 0.2) is 23.4 Å². The van der Waals surface area contributed by atoms with E-state index in [-0.39, 0.29) is 17.8 Å². The Bertz CT molecular complexity index is 603. The van der Waals surface area contributed by atoms with Gasteiger partial charge in [-0.2, -0.15) is 0 Å². The Morgan fingerprint density at radius 1 is 1.50 bits per heavy atom. The number of carbonyl (C=O) groups excluding carboxylic acids is 1. The maximum Gasteiger partial charge on any atom is 0.410 e. The minimum Gasteiger partial charge on any atom is -0.444 e. The van der Waals surface area contributed by atoms with Gasteiger partial charge < -0.3 is 9.64 Å². The van der Waals surface area contributed by atoms with E-state index < -0.39 is 10.5 Å². The van der Waals surface area contributed by atoms with Crippen molar-refractivity contribution in [3.8, 4) is 0 Å². The minimum absolute atomic E-state index is 0.000195. The predicted octanol–water partition coefficient (Wildman–Crippen LogP) is 3.87. The highest BCUT2D eigenvalue weighted by Gasteiger charge is 2.31. The highest BCUT2D eigenvalue weighted by atomic mass is 32.2. The third kappa shape index (κ3) is 5.09. The van der Waals surface area contributed by atoms with Crippen molar-refractivity contribution in [2.24, 2.45) is 0 Å². The molecular weight excluding hydrogens is 330 g/mol. The van der Waals surface area contributed by atoms with E-state index >= 15 is 0 Å². The third-order valence-electron chi connectivity index (χ3n) is 3.62. The number of hydrogen-bond acceptors (Lipinski definition) is 6. The summed E-state index contributed by atoms with van der Waals surface area (Å²) in [6.07, 6.45) is 4.08. The number of likely N-dealkylation sites (tertiary alicyclic amines) is 1. The Morgan fingerprint density at radius 3 is 2.92 bits per heavy atom. The van der Waals surface area contributed by atoms with E-state index in [1.165, 1.54) is 17.8 Å². The molecule has 1 unspecified atom stereocenters. The van der Waals surface area contributed by atoms with Crippen molar-refractivity contribution in [3.05, 3.63) is 28.4 Å². The molecular formula is C16H23N3O4S. The normalized spacial score (nSPS) is 18.3.